The molecule has 0 spiro atoms. The Morgan fingerprint density at radius 1 is 0.897 bits per heavy atom. The van der Waals surface area contributed by atoms with E-state index in [0.717, 1.165) is 22.4 Å². The Hall–Kier alpha value is -5.01. The number of hydrogen-bond donors (Lipinski definition) is 0. The predicted octanol–water partition coefficient (Wildman–Crippen LogP) is 7.85. The van der Waals surface area contributed by atoms with Crippen LogP contribution >= 0.6 is 11.6 Å². The van der Waals surface area contributed by atoms with Crippen LogP contribution in [0, 0.1) is 17.0 Å². The van der Waals surface area contributed by atoms with Crippen molar-refractivity contribution in [3.8, 4) is 39.6 Å². The van der Waals surface area contributed by atoms with Gasteiger partial charge >= 0.3 is 0 Å². The largest absolute Gasteiger partial charge is 0.463 e. The summed E-state index contributed by atoms with van der Waals surface area (Å²) in [7, 11) is 0. The summed E-state index contributed by atoms with van der Waals surface area (Å²) in [5.74, 6) is 0.342. The third-order valence-corrected chi connectivity index (χ3v) is 6.99. The van der Waals surface area contributed by atoms with E-state index in [1.807, 2.05) is 72.2 Å². The summed E-state index contributed by atoms with van der Waals surface area (Å²) in [6.45, 7) is 1.84. The SMILES string of the molecule is Cc1cc2occ(-c3nc(-c4ccccc4)c(-c4ccccc4)n3-c3ccc([N+](=O)[O-])cc3)c(=O)c2cc1Cl. The van der Waals surface area contributed by atoms with Crippen LogP contribution < -0.4 is 5.43 Å². The molecule has 0 fully saturated rings. The molecule has 0 amide bonds. The van der Waals surface area contributed by atoms with Gasteiger partial charge in [0.15, 0.2) is 5.82 Å². The summed E-state index contributed by atoms with van der Waals surface area (Å²) in [6.07, 6.45) is 1.41. The number of rotatable bonds is 5. The normalized spacial score (nSPS) is 11.1. The number of benzene rings is 4. The second-order valence-electron chi connectivity index (χ2n) is 9.05. The molecule has 2 aromatic heterocycles. The minimum Gasteiger partial charge on any atom is -0.463 e. The van der Waals surface area contributed by atoms with Gasteiger partial charge in [0.05, 0.1) is 21.7 Å². The Morgan fingerprint density at radius 2 is 1.54 bits per heavy atom. The van der Waals surface area contributed by atoms with Crippen molar-refractivity contribution in [2.75, 3.05) is 0 Å². The van der Waals surface area contributed by atoms with Crippen molar-refractivity contribution in [2.24, 2.45) is 0 Å². The number of fused-ring (bicyclic) bond motifs is 1. The predicted molar refractivity (Wildman–Crippen MR) is 152 cm³/mol. The van der Waals surface area contributed by atoms with Gasteiger partial charge in [-0.2, -0.15) is 0 Å². The van der Waals surface area contributed by atoms with Crippen molar-refractivity contribution in [1.82, 2.24) is 9.55 Å². The lowest BCUT2D eigenvalue weighted by Crippen LogP contribution is -2.09. The van der Waals surface area contributed by atoms with E-state index in [1.54, 1.807) is 24.3 Å². The lowest BCUT2D eigenvalue weighted by atomic mass is 10.0. The van der Waals surface area contributed by atoms with Crippen LogP contribution in [-0.2, 0) is 0 Å². The molecule has 0 aliphatic carbocycles. The Balaban J connectivity index is 1.72. The van der Waals surface area contributed by atoms with E-state index in [4.69, 9.17) is 21.0 Å². The van der Waals surface area contributed by atoms with E-state index in [1.165, 1.54) is 18.4 Å². The molecule has 6 aromatic rings. The molecular weight excluding hydrogens is 514 g/mol. The maximum atomic E-state index is 13.9. The molecule has 0 bridgehead atoms. The number of aryl methyl sites for hydroxylation is 1. The first-order chi connectivity index (χ1) is 18.9. The number of non-ortho nitro benzene ring substituents is 1. The number of nitro benzene ring substituents is 1. The van der Waals surface area contributed by atoms with Crippen LogP contribution in [-0.4, -0.2) is 14.5 Å². The summed E-state index contributed by atoms with van der Waals surface area (Å²) in [5.41, 5.74) is 4.82. The molecule has 0 radical (unpaired) electrons. The zero-order valence-corrected chi connectivity index (χ0v) is 21.4. The molecule has 7 nitrogen and oxygen atoms in total. The van der Waals surface area contributed by atoms with Gasteiger partial charge in [-0.3, -0.25) is 19.5 Å². The first-order valence-corrected chi connectivity index (χ1v) is 12.5. The fourth-order valence-corrected chi connectivity index (χ4v) is 4.80. The molecular formula is C31H20ClN3O4. The second-order valence-corrected chi connectivity index (χ2v) is 9.46. The van der Waals surface area contributed by atoms with E-state index in [0.29, 0.717) is 33.2 Å². The fraction of sp³-hybridized carbons (Fsp3) is 0.0323. The van der Waals surface area contributed by atoms with Crippen LogP contribution in [0.5, 0.6) is 0 Å². The number of halogens is 1. The van der Waals surface area contributed by atoms with Crippen molar-refractivity contribution in [3.63, 3.8) is 0 Å². The molecule has 4 aromatic carbocycles. The van der Waals surface area contributed by atoms with Crippen LogP contribution in [0.25, 0.3) is 50.6 Å². The van der Waals surface area contributed by atoms with Gasteiger partial charge in [0.25, 0.3) is 5.69 Å². The Kier molecular flexibility index (Phi) is 6.05. The van der Waals surface area contributed by atoms with E-state index in [2.05, 4.69) is 0 Å². The number of nitro groups is 1. The van der Waals surface area contributed by atoms with Crippen LogP contribution in [0.2, 0.25) is 5.02 Å². The quantitative estimate of drug-likeness (QED) is 0.166. The van der Waals surface area contributed by atoms with Gasteiger partial charge in [-0.05, 0) is 36.8 Å². The van der Waals surface area contributed by atoms with E-state index in [-0.39, 0.29) is 16.7 Å². The van der Waals surface area contributed by atoms with Crippen LogP contribution in [0.3, 0.4) is 0 Å². The summed E-state index contributed by atoms with van der Waals surface area (Å²) in [4.78, 5) is 29.8. The zero-order valence-electron chi connectivity index (χ0n) is 20.7. The van der Waals surface area contributed by atoms with Gasteiger partial charge in [0.1, 0.15) is 17.4 Å². The number of aromatic nitrogens is 2. The Labute approximate surface area is 227 Å². The third kappa shape index (κ3) is 4.28. The van der Waals surface area contributed by atoms with Crippen LogP contribution in [0.4, 0.5) is 5.69 Å². The second kappa shape index (κ2) is 9.70. The highest BCUT2D eigenvalue weighted by atomic mass is 35.5. The van der Waals surface area contributed by atoms with Crippen molar-refractivity contribution in [1.29, 1.82) is 0 Å². The molecule has 39 heavy (non-hydrogen) atoms. The van der Waals surface area contributed by atoms with E-state index < -0.39 is 4.92 Å². The fourth-order valence-electron chi connectivity index (χ4n) is 4.64. The standard InChI is InChI=1S/C31H20ClN3O4/c1-19-16-27-24(17-26(19)32)30(36)25(18-39-27)31-33-28(20-8-4-2-5-9-20)29(21-10-6-3-7-11-21)34(31)22-12-14-23(15-13-22)35(37)38/h2-18H,1H3. The Bertz CT molecular complexity index is 1910. The summed E-state index contributed by atoms with van der Waals surface area (Å²) < 4.78 is 7.76. The molecule has 0 aliphatic heterocycles. The molecule has 0 unspecified atom stereocenters. The molecule has 8 heteroatoms. The van der Waals surface area contributed by atoms with Gasteiger partial charge in [-0.15, -0.1) is 0 Å². The summed E-state index contributed by atoms with van der Waals surface area (Å²) in [6, 6.07) is 28.8. The van der Waals surface area contributed by atoms with Crippen molar-refractivity contribution < 1.29 is 9.34 Å². The molecule has 6 rings (SSSR count). The average Bonchev–Trinajstić information content (AvgIpc) is 3.36. The topological polar surface area (TPSA) is 91.2 Å². The smallest absolute Gasteiger partial charge is 0.269 e. The highest BCUT2D eigenvalue weighted by molar-refractivity contribution is 6.32. The zero-order chi connectivity index (χ0) is 27.1. The van der Waals surface area contributed by atoms with E-state index >= 15 is 0 Å². The molecule has 190 valence electrons. The van der Waals surface area contributed by atoms with Crippen molar-refractivity contribution in [2.45, 2.75) is 6.92 Å². The number of imidazole rings is 1. The monoisotopic (exact) mass is 533 g/mol. The number of hydrogen-bond acceptors (Lipinski definition) is 5. The molecule has 0 saturated carbocycles. The van der Waals surface area contributed by atoms with Crippen molar-refractivity contribution >= 4 is 28.3 Å². The Morgan fingerprint density at radius 3 is 2.18 bits per heavy atom. The molecule has 0 N–H and O–H groups in total. The van der Waals surface area contributed by atoms with Gasteiger partial charge in [-0.25, -0.2) is 4.98 Å². The maximum absolute atomic E-state index is 13.9. The summed E-state index contributed by atoms with van der Waals surface area (Å²) >= 11 is 6.36. The molecule has 0 saturated heterocycles. The van der Waals surface area contributed by atoms with Gasteiger partial charge in [0, 0.05) is 34.0 Å². The van der Waals surface area contributed by atoms with Gasteiger partial charge in [0.2, 0.25) is 5.43 Å². The lowest BCUT2D eigenvalue weighted by molar-refractivity contribution is -0.384. The minimum absolute atomic E-state index is 0.0415. The highest BCUT2D eigenvalue weighted by Crippen LogP contribution is 2.38. The minimum atomic E-state index is -0.449. The van der Waals surface area contributed by atoms with Gasteiger partial charge < -0.3 is 4.42 Å². The third-order valence-electron chi connectivity index (χ3n) is 6.59. The van der Waals surface area contributed by atoms with Crippen LogP contribution in [0.15, 0.2) is 113 Å². The van der Waals surface area contributed by atoms with Crippen molar-refractivity contribution in [3.05, 3.63) is 134 Å². The highest BCUT2D eigenvalue weighted by Gasteiger charge is 2.25. The first kappa shape index (κ1) is 24.3. The molecule has 0 atom stereocenters. The van der Waals surface area contributed by atoms with Crippen LogP contribution in [0.1, 0.15) is 5.56 Å². The lowest BCUT2D eigenvalue weighted by Gasteiger charge is -2.13. The van der Waals surface area contributed by atoms with Gasteiger partial charge in [-0.1, -0.05) is 72.3 Å². The maximum Gasteiger partial charge on any atom is 0.269 e. The first-order valence-electron chi connectivity index (χ1n) is 12.1. The number of nitrogens with zero attached hydrogens (tertiary/aromatic N) is 3. The molecule has 2 heterocycles. The molecule has 0 aliphatic rings. The van der Waals surface area contributed by atoms with E-state index in [9.17, 15) is 14.9 Å². The average molecular weight is 534 g/mol. The summed E-state index contributed by atoms with van der Waals surface area (Å²) in [5, 5.41) is 12.2.